The average Bonchev–Trinajstić information content (AvgIpc) is 2.70. The minimum absolute atomic E-state index is 0.106. The van der Waals surface area contributed by atoms with Crippen LogP contribution in [0.5, 0.6) is 0 Å². The molecule has 0 N–H and O–H groups in total. The van der Waals surface area contributed by atoms with Crippen molar-refractivity contribution in [1.82, 2.24) is 10.1 Å². The second-order valence-electron chi connectivity index (χ2n) is 4.81. The summed E-state index contributed by atoms with van der Waals surface area (Å²) >= 11 is 0. The summed E-state index contributed by atoms with van der Waals surface area (Å²) in [5, 5.41) is 3.91. The lowest BCUT2D eigenvalue weighted by Crippen LogP contribution is -2.21. The average molecular weight is 222 g/mol. The number of carbonyl (C=O) groups excluding carboxylic acids is 1. The van der Waals surface area contributed by atoms with Gasteiger partial charge in [0.1, 0.15) is 5.78 Å². The van der Waals surface area contributed by atoms with Crippen molar-refractivity contribution in [1.29, 1.82) is 0 Å². The Kier molecular flexibility index (Phi) is 3.36. The Morgan fingerprint density at radius 3 is 2.88 bits per heavy atom. The van der Waals surface area contributed by atoms with E-state index in [1.807, 2.05) is 13.8 Å². The fourth-order valence-corrected chi connectivity index (χ4v) is 2.07. The van der Waals surface area contributed by atoms with Gasteiger partial charge in [0.15, 0.2) is 5.82 Å². The molecule has 1 unspecified atom stereocenters. The van der Waals surface area contributed by atoms with Crippen LogP contribution < -0.4 is 0 Å². The second kappa shape index (κ2) is 4.76. The van der Waals surface area contributed by atoms with Crippen LogP contribution in [0.3, 0.4) is 0 Å². The Balaban J connectivity index is 1.99. The smallest absolute Gasteiger partial charge is 0.227 e. The van der Waals surface area contributed by atoms with E-state index in [-0.39, 0.29) is 11.8 Å². The lowest BCUT2D eigenvalue weighted by Gasteiger charge is -2.18. The third-order valence-corrected chi connectivity index (χ3v) is 3.10. The van der Waals surface area contributed by atoms with Crippen molar-refractivity contribution in [3.63, 3.8) is 0 Å². The zero-order valence-electron chi connectivity index (χ0n) is 9.90. The van der Waals surface area contributed by atoms with Gasteiger partial charge in [0.05, 0.1) is 0 Å². The molecule has 0 bridgehead atoms. The van der Waals surface area contributed by atoms with Crippen LogP contribution in [0.4, 0.5) is 0 Å². The number of carbonyl (C=O) groups is 1. The topological polar surface area (TPSA) is 56.0 Å². The molecule has 1 atom stereocenters. The predicted molar refractivity (Wildman–Crippen MR) is 59.1 cm³/mol. The molecule has 1 aromatic rings. The molecule has 2 rings (SSSR count). The molecule has 0 saturated heterocycles. The molecule has 4 nitrogen and oxygen atoms in total. The van der Waals surface area contributed by atoms with Crippen LogP contribution in [0.1, 0.15) is 57.2 Å². The summed E-state index contributed by atoms with van der Waals surface area (Å²) in [5.74, 6) is 2.09. The maximum Gasteiger partial charge on any atom is 0.227 e. The standard InChI is InChI=1S/C12H18N2O2/c1-8(2)12-13-11(16-14-12)7-9-5-3-4-6-10(9)15/h8-9H,3-7H2,1-2H3. The van der Waals surface area contributed by atoms with Crippen LogP contribution in [0.25, 0.3) is 0 Å². The molecule has 4 heteroatoms. The van der Waals surface area contributed by atoms with E-state index in [2.05, 4.69) is 10.1 Å². The highest BCUT2D eigenvalue weighted by Gasteiger charge is 2.24. The van der Waals surface area contributed by atoms with Crippen molar-refractivity contribution in [2.75, 3.05) is 0 Å². The Hall–Kier alpha value is -1.19. The summed E-state index contributed by atoms with van der Waals surface area (Å²) < 4.78 is 5.16. The molecule has 0 spiro atoms. The quantitative estimate of drug-likeness (QED) is 0.788. The molecule has 1 fully saturated rings. The molecule has 0 aromatic carbocycles. The molecule has 1 saturated carbocycles. The molecule has 1 aliphatic carbocycles. The molecule has 88 valence electrons. The van der Waals surface area contributed by atoms with Crippen LogP contribution >= 0.6 is 0 Å². The first-order valence-electron chi connectivity index (χ1n) is 6.02. The molecular formula is C12H18N2O2. The Morgan fingerprint density at radius 2 is 2.25 bits per heavy atom. The number of hydrogen-bond acceptors (Lipinski definition) is 4. The van der Waals surface area contributed by atoms with Crippen LogP contribution in [-0.4, -0.2) is 15.9 Å². The van der Waals surface area contributed by atoms with Crippen molar-refractivity contribution in [2.45, 2.75) is 51.9 Å². The van der Waals surface area contributed by atoms with Crippen molar-refractivity contribution < 1.29 is 9.32 Å². The molecular weight excluding hydrogens is 204 g/mol. The van der Waals surface area contributed by atoms with E-state index >= 15 is 0 Å². The van der Waals surface area contributed by atoms with Crippen LogP contribution in [0.15, 0.2) is 4.52 Å². The molecule has 0 amide bonds. The zero-order valence-corrected chi connectivity index (χ0v) is 9.90. The number of aromatic nitrogens is 2. The summed E-state index contributed by atoms with van der Waals surface area (Å²) in [6, 6.07) is 0. The van der Waals surface area contributed by atoms with Gasteiger partial charge in [-0.05, 0) is 12.8 Å². The van der Waals surface area contributed by atoms with Gasteiger partial charge in [0.25, 0.3) is 0 Å². The van der Waals surface area contributed by atoms with Crippen molar-refractivity contribution in [3.05, 3.63) is 11.7 Å². The highest BCUT2D eigenvalue weighted by atomic mass is 16.5. The maximum absolute atomic E-state index is 11.6. The van der Waals surface area contributed by atoms with Crippen molar-refractivity contribution in [3.8, 4) is 0 Å². The van der Waals surface area contributed by atoms with Gasteiger partial charge in [-0.2, -0.15) is 4.98 Å². The minimum Gasteiger partial charge on any atom is -0.339 e. The van der Waals surface area contributed by atoms with Gasteiger partial charge in [-0.15, -0.1) is 0 Å². The Bertz CT molecular complexity index is 371. The van der Waals surface area contributed by atoms with Crippen LogP contribution in [0, 0.1) is 5.92 Å². The SMILES string of the molecule is CC(C)c1noc(CC2CCCCC2=O)n1. The van der Waals surface area contributed by atoms with Gasteiger partial charge >= 0.3 is 0 Å². The minimum atomic E-state index is 0.106. The summed E-state index contributed by atoms with van der Waals surface area (Å²) in [6.45, 7) is 4.06. The zero-order chi connectivity index (χ0) is 11.5. The van der Waals surface area contributed by atoms with Gasteiger partial charge < -0.3 is 4.52 Å². The van der Waals surface area contributed by atoms with Crippen LogP contribution in [-0.2, 0) is 11.2 Å². The monoisotopic (exact) mass is 222 g/mol. The van der Waals surface area contributed by atoms with E-state index in [4.69, 9.17) is 4.52 Å². The number of rotatable bonds is 3. The maximum atomic E-state index is 11.6. The normalized spacial score (nSPS) is 21.7. The summed E-state index contributed by atoms with van der Waals surface area (Å²) in [6.07, 6.45) is 4.49. The van der Waals surface area contributed by atoms with Gasteiger partial charge in [0.2, 0.25) is 5.89 Å². The van der Waals surface area contributed by atoms with Gasteiger partial charge in [-0.25, -0.2) is 0 Å². The fourth-order valence-electron chi connectivity index (χ4n) is 2.07. The van der Waals surface area contributed by atoms with Crippen LogP contribution in [0.2, 0.25) is 0 Å². The summed E-state index contributed by atoms with van der Waals surface area (Å²) in [7, 11) is 0. The molecule has 16 heavy (non-hydrogen) atoms. The van der Waals surface area contributed by atoms with E-state index in [0.717, 1.165) is 31.5 Å². The summed E-state index contributed by atoms with van der Waals surface area (Å²) in [5.41, 5.74) is 0. The highest BCUT2D eigenvalue weighted by molar-refractivity contribution is 5.81. The summed E-state index contributed by atoms with van der Waals surface area (Å²) in [4.78, 5) is 16.0. The van der Waals surface area contributed by atoms with E-state index in [1.165, 1.54) is 0 Å². The molecule has 1 aliphatic rings. The Morgan fingerprint density at radius 1 is 1.44 bits per heavy atom. The Labute approximate surface area is 95.4 Å². The largest absolute Gasteiger partial charge is 0.339 e. The number of ketones is 1. The van der Waals surface area contributed by atoms with Crippen molar-refractivity contribution in [2.24, 2.45) is 5.92 Å². The van der Waals surface area contributed by atoms with E-state index in [1.54, 1.807) is 0 Å². The first-order valence-corrected chi connectivity index (χ1v) is 6.02. The third kappa shape index (κ3) is 2.49. The number of Topliss-reactive ketones (excluding diaryl/α,β-unsaturated/α-hetero) is 1. The van der Waals surface area contributed by atoms with Gasteiger partial charge in [-0.1, -0.05) is 25.4 Å². The van der Waals surface area contributed by atoms with E-state index < -0.39 is 0 Å². The highest BCUT2D eigenvalue weighted by Crippen LogP contribution is 2.24. The lowest BCUT2D eigenvalue weighted by molar-refractivity contribution is -0.124. The first kappa shape index (κ1) is 11.3. The predicted octanol–water partition coefficient (Wildman–Crippen LogP) is 2.49. The first-order chi connectivity index (χ1) is 7.66. The molecule has 1 heterocycles. The second-order valence-corrected chi connectivity index (χ2v) is 4.81. The van der Waals surface area contributed by atoms with Crippen molar-refractivity contribution >= 4 is 5.78 Å². The molecule has 0 radical (unpaired) electrons. The van der Waals surface area contributed by atoms with E-state index in [9.17, 15) is 4.79 Å². The lowest BCUT2D eigenvalue weighted by atomic mass is 9.86. The molecule has 0 aliphatic heterocycles. The van der Waals surface area contributed by atoms with E-state index in [0.29, 0.717) is 18.1 Å². The van der Waals surface area contributed by atoms with Gasteiger partial charge in [-0.3, -0.25) is 4.79 Å². The molecule has 1 aromatic heterocycles. The number of nitrogens with zero attached hydrogens (tertiary/aromatic N) is 2. The number of hydrogen-bond donors (Lipinski definition) is 0. The third-order valence-electron chi connectivity index (χ3n) is 3.10. The van der Waals surface area contributed by atoms with Gasteiger partial charge in [0, 0.05) is 24.7 Å². The fraction of sp³-hybridized carbons (Fsp3) is 0.750.